The Morgan fingerprint density at radius 3 is 3.06 bits per heavy atom. The van der Waals surface area contributed by atoms with Gasteiger partial charge in [0, 0.05) is 17.4 Å². The van der Waals surface area contributed by atoms with E-state index in [4.69, 9.17) is 30.9 Å². The molecule has 180 valence electrons. The van der Waals surface area contributed by atoms with E-state index in [-0.39, 0.29) is 36.7 Å². The first-order valence-corrected chi connectivity index (χ1v) is 12.5. The lowest BCUT2D eigenvalue weighted by Gasteiger charge is -2.30. The van der Waals surface area contributed by atoms with Gasteiger partial charge in [-0.05, 0) is 29.7 Å². The van der Waals surface area contributed by atoms with Crippen molar-refractivity contribution in [3.8, 4) is 0 Å². The molecule has 2 fully saturated rings. The lowest BCUT2D eigenvalue weighted by molar-refractivity contribution is 0.0166. The molecule has 11 nitrogen and oxygen atoms in total. The van der Waals surface area contributed by atoms with E-state index >= 15 is 0 Å². The second-order valence-corrected chi connectivity index (χ2v) is 10.3. The summed E-state index contributed by atoms with van der Waals surface area (Å²) in [6.07, 6.45) is 0.911. The highest BCUT2D eigenvalue weighted by atomic mass is 35.5. The molecule has 1 unspecified atom stereocenters. The molecule has 1 aromatic carbocycles. The third-order valence-electron chi connectivity index (χ3n) is 6.14. The molecule has 5 rings (SSSR count). The van der Waals surface area contributed by atoms with Gasteiger partial charge in [0.1, 0.15) is 0 Å². The molecule has 5 atom stereocenters. The summed E-state index contributed by atoms with van der Waals surface area (Å²) < 4.78 is 31.4. The molecular weight excluding hydrogens is 485 g/mol. The molecule has 0 bridgehead atoms. The van der Waals surface area contributed by atoms with Crippen LogP contribution in [0.2, 0.25) is 5.02 Å². The van der Waals surface area contributed by atoms with Crippen molar-refractivity contribution in [2.75, 3.05) is 18.9 Å². The molecule has 1 aliphatic heterocycles. The van der Waals surface area contributed by atoms with Crippen molar-refractivity contribution in [1.82, 2.24) is 19.5 Å². The first-order valence-electron chi connectivity index (χ1n) is 10.7. The topological polar surface area (TPSA) is 155 Å². The van der Waals surface area contributed by atoms with Crippen molar-refractivity contribution in [2.24, 2.45) is 5.92 Å². The fourth-order valence-corrected chi connectivity index (χ4v) is 6.01. The van der Waals surface area contributed by atoms with Crippen LogP contribution in [0.3, 0.4) is 0 Å². The molecule has 1 aliphatic carbocycles. The van der Waals surface area contributed by atoms with Gasteiger partial charge in [0.15, 0.2) is 11.2 Å². The Kier molecular flexibility index (Phi) is 6.09. The van der Waals surface area contributed by atoms with Crippen molar-refractivity contribution >= 4 is 36.5 Å². The van der Waals surface area contributed by atoms with Crippen LogP contribution >= 0.6 is 19.4 Å². The second-order valence-electron chi connectivity index (χ2n) is 8.29. The highest BCUT2D eigenvalue weighted by Gasteiger charge is 2.42. The number of anilines is 1. The Balaban J connectivity index is 1.30. The van der Waals surface area contributed by atoms with Gasteiger partial charge in [0.05, 0.1) is 37.8 Å². The summed E-state index contributed by atoms with van der Waals surface area (Å²) in [5.74, 6) is -0.589. The number of phosphoric ester groups is 1. The number of imidazole rings is 1. The number of aliphatic hydroxyl groups excluding tert-OH is 1. The van der Waals surface area contributed by atoms with Gasteiger partial charge in [-0.1, -0.05) is 30.3 Å². The average Bonchev–Trinajstić information content (AvgIpc) is 3.33. The number of nitrogens with two attached hydrogens (primary N) is 1. The Bertz CT molecular complexity index is 1360. The molecule has 0 spiro atoms. The first kappa shape index (κ1) is 23.2. The molecule has 2 aromatic heterocycles. The number of rotatable bonds is 5. The molecule has 3 aromatic rings. The maximum atomic E-state index is 13.1. The number of hydrogen-bond donors (Lipinski definition) is 3. The minimum atomic E-state index is -3.88. The van der Waals surface area contributed by atoms with Gasteiger partial charge in [-0.3, -0.25) is 23.3 Å². The molecule has 3 heterocycles. The van der Waals surface area contributed by atoms with E-state index in [9.17, 15) is 14.5 Å². The lowest BCUT2D eigenvalue weighted by Crippen LogP contribution is -2.22. The third-order valence-corrected chi connectivity index (χ3v) is 7.85. The number of phosphoric acid groups is 1. The number of aromatic amines is 1. The fraction of sp³-hybridized carbons (Fsp3) is 0.381. The van der Waals surface area contributed by atoms with E-state index in [1.165, 1.54) is 6.33 Å². The average molecular weight is 508 g/mol. The Morgan fingerprint density at radius 2 is 2.26 bits per heavy atom. The van der Waals surface area contributed by atoms with Gasteiger partial charge in [-0.2, -0.15) is 4.98 Å². The SMILES string of the molecule is C=C1C(n2cnc3c(=O)[nH]c(N)nc32)C[C@H](O)[C@H]1CO[P@]1(=O)OCC[C@H](c2cccc(Cl)c2)O1. The minimum absolute atomic E-state index is 0.0396. The number of halogens is 1. The van der Waals surface area contributed by atoms with Crippen LogP contribution < -0.4 is 11.3 Å². The molecule has 0 radical (unpaired) electrons. The minimum Gasteiger partial charge on any atom is -0.392 e. The van der Waals surface area contributed by atoms with Crippen LogP contribution in [0.1, 0.15) is 30.6 Å². The van der Waals surface area contributed by atoms with Gasteiger partial charge in [-0.25, -0.2) is 9.55 Å². The predicted octanol–water partition coefficient (Wildman–Crippen LogP) is 3.14. The summed E-state index contributed by atoms with van der Waals surface area (Å²) in [4.78, 5) is 22.8. The van der Waals surface area contributed by atoms with Gasteiger partial charge in [-0.15, -0.1) is 0 Å². The molecule has 2 aliphatic rings. The van der Waals surface area contributed by atoms with Crippen LogP contribution in [-0.4, -0.2) is 43.9 Å². The number of hydrogen-bond acceptors (Lipinski definition) is 9. The summed E-state index contributed by atoms with van der Waals surface area (Å²) in [5.41, 5.74) is 7.04. The van der Waals surface area contributed by atoms with Crippen LogP contribution in [0, 0.1) is 5.92 Å². The van der Waals surface area contributed by atoms with Gasteiger partial charge in [0.25, 0.3) is 5.56 Å². The molecule has 4 N–H and O–H groups in total. The number of aliphatic hydroxyl groups is 1. The second kappa shape index (κ2) is 8.92. The van der Waals surface area contributed by atoms with Crippen molar-refractivity contribution in [3.05, 3.63) is 63.7 Å². The van der Waals surface area contributed by atoms with Gasteiger partial charge in [0.2, 0.25) is 5.95 Å². The molecule has 1 saturated heterocycles. The van der Waals surface area contributed by atoms with Gasteiger partial charge >= 0.3 is 7.82 Å². The predicted molar refractivity (Wildman–Crippen MR) is 124 cm³/mol. The Labute approximate surface area is 199 Å². The maximum Gasteiger partial charge on any atom is 0.475 e. The maximum absolute atomic E-state index is 13.1. The zero-order chi connectivity index (χ0) is 24.0. The zero-order valence-electron chi connectivity index (χ0n) is 18.0. The summed E-state index contributed by atoms with van der Waals surface area (Å²) >= 11 is 6.06. The fourth-order valence-electron chi connectivity index (χ4n) is 4.40. The molecule has 13 heteroatoms. The van der Waals surface area contributed by atoms with Crippen LogP contribution in [0.5, 0.6) is 0 Å². The van der Waals surface area contributed by atoms with E-state index < -0.39 is 37.5 Å². The molecule has 0 amide bonds. The van der Waals surface area contributed by atoms with Gasteiger partial charge < -0.3 is 15.4 Å². The Morgan fingerprint density at radius 1 is 1.44 bits per heavy atom. The highest BCUT2D eigenvalue weighted by molar-refractivity contribution is 7.48. The van der Waals surface area contributed by atoms with Crippen molar-refractivity contribution < 1.29 is 23.2 Å². The number of nitrogen functional groups attached to an aromatic ring is 1. The van der Waals surface area contributed by atoms with E-state index in [1.807, 2.05) is 6.07 Å². The zero-order valence-corrected chi connectivity index (χ0v) is 19.6. The summed E-state index contributed by atoms with van der Waals surface area (Å²) in [5, 5.41) is 11.3. The van der Waals surface area contributed by atoms with Crippen LogP contribution in [0.25, 0.3) is 11.2 Å². The monoisotopic (exact) mass is 507 g/mol. The van der Waals surface area contributed by atoms with E-state index in [0.29, 0.717) is 17.0 Å². The smallest absolute Gasteiger partial charge is 0.392 e. The number of aromatic nitrogens is 4. The van der Waals surface area contributed by atoms with Crippen molar-refractivity contribution in [3.63, 3.8) is 0 Å². The molecular formula is C21H23ClN5O6P. The standard InChI is InChI=1S/C21H23ClN5O6P/c1-11-14(9-32-34(30)31-6-5-17(33-34)12-3-2-4-13(22)7-12)16(28)8-15(11)27-10-24-18-19(27)25-21(23)26-20(18)29/h2-4,7,10,14-17,28H,1,5-6,8-9H2,(H3,23,25,26,29)/t14-,15?,16-,17+,34-/m0/s1. The third kappa shape index (κ3) is 4.31. The summed E-state index contributed by atoms with van der Waals surface area (Å²) in [6, 6.07) is 6.71. The van der Waals surface area contributed by atoms with Crippen LogP contribution in [0.15, 0.2) is 47.5 Å². The van der Waals surface area contributed by atoms with Crippen molar-refractivity contribution in [1.29, 1.82) is 0 Å². The first-order chi connectivity index (χ1) is 16.2. The number of H-pyrrole nitrogens is 1. The van der Waals surface area contributed by atoms with E-state index in [1.54, 1.807) is 22.8 Å². The normalized spacial score (nSPS) is 29.6. The largest absolute Gasteiger partial charge is 0.475 e. The highest BCUT2D eigenvalue weighted by Crippen LogP contribution is 2.58. The summed E-state index contributed by atoms with van der Waals surface area (Å²) in [6.45, 7) is 4.18. The lowest BCUT2D eigenvalue weighted by atomic mass is 10.0. The number of nitrogens with zero attached hydrogens (tertiary/aromatic N) is 3. The van der Waals surface area contributed by atoms with E-state index in [0.717, 1.165) is 5.56 Å². The molecule has 1 saturated carbocycles. The van der Waals surface area contributed by atoms with E-state index in [2.05, 4.69) is 21.5 Å². The van der Waals surface area contributed by atoms with Crippen molar-refractivity contribution in [2.45, 2.75) is 31.1 Å². The quantitative estimate of drug-likeness (QED) is 0.349. The molecule has 34 heavy (non-hydrogen) atoms. The number of fused-ring (bicyclic) bond motifs is 1. The number of nitrogens with one attached hydrogen (secondary N) is 1. The van der Waals surface area contributed by atoms with Crippen LogP contribution in [0.4, 0.5) is 5.95 Å². The number of benzene rings is 1. The van der Waals surface area contributed by atoms with Crippen LogP contribution in [-0.2, 0) is 18.1 Å². The Hall–Kier alpha value is -2.53. The summed E-state index contributed by atoms with van der Waals surface area (Å²) in [7, 11) is -3.88.